The highest BCUT2D eigenvalue weighted by Gasteiger charge is 2.34. The van der Waals surface area contributed by atoms with Gasteiger partial charge in [-0.1, -0.05) is 18.2 Å². The second-order valence-corrected chi connectivity index (χ2v) is 7.12. The van der Waals surface area contributed by atoms with Crippen LogP contribution in [0.25, 0.3) is 6.08 Å². The van der Waals surface area contributed by atoms with E-state index in [9.17, 15) is 9.59 Å². The van der Waals surface area contributed by atoms with E-state index >= 15 is 0 Å². The Morgan fingerprint density at radius 2 is 1.85 bits per heavy atom. The molecular weight excluding hydrogens is 480 g/mol. The van der Waals surface area contributed by atoms with Crippen LogP contribution in [0.4, 0.5) is 5.69 Å². The zero-order chi connectivity index (χ0) is 19.6. The Kier molecular flexibility index (Phi) is 5.86. The van der Waals surface area contributed by atoms with Crippen LogP contribution < -0.4 is 19.9 Å². The number of methoxy groups -OCH3 is 1. The number of ether oxygens (including phenoxy) is 2. The van der Waals surface area contributed by atoms with Gasteiger partial charge in [0.1, 0.15) is 5.57 Å². The summed E-state index contributed by atoms with van der Waals surface area (Å²) in [4.78, 5) is 25.1. The number of nitrogens with one attached hydrogen (secondary N) is 1. The first-order valence-electron chi connectivity index (χ1n) is 8.08. The number of rotatable bonds is 5. The minimum absolute atomic E-state index is 0.0256. The van der Waals surface area contributed by atoms with Gasteiger partial charge in [0.05, 0.1) is 23.9 Å². The second-order valence-electron chi connectivity index (χ2n) is 5.53. The van der Waals surface area contributed by atoms with Crippen LogP contribution in [0.5, 0.6) is 11.5 Å². The maximum Gasteiger partial charge on any atom is 0.282 e. The molecule has 0 aliphatic carbocycles. The lowest BCUT2D eigenvalue weighted by Gasteiger charge is -2.15. The molecule has 0 atom stereocenters. The lowest BCUT2D eigenvalue weighted by molar-refractivity contribution is -0.117. The SMILES string of the molecule is CCOc1c(OC)cc(/C=C2/C(=O)NN(c3ccccc3)C2=O)c(Br)c1Br. The van der Waals surface area contributed by atoms with Crippen molar-refractivity contribution in [3.05, 3.63) is 56.5 Å². The fourth-order valence-electron chi connectivity index (χ4n) is 2.61. The summed E-state index contributed by atoms with van der Waals surface area (Å²) in [5.41, 5.74) is 3.80. The molecule has 1 saturated heterocycles. The molecule has 0 radical (unpaired) electrons. The van der Waals surface area contributed by atoms with Crippen LogP contribution in [-0.2, 0) is 9.59 Å². The Labute approximate surface area is 173 Å². The van der Waals surface area contributed by atoms with Crippen LogP contribution in [0.2, 0.25) is 0 Å². The molecule has 140 valence electrons. The van der Waals surface area contributed by atoms with Crippen molar-refractivity contribution in [1.29, 1.82) is 0 Å². The number of hydrazine groups is 1. The largest absolute Gasteiger partial charge is 0.493 e. The highest BCUT2D eigenvalue weighted by molar-refractivity contribution is 9.13. The van der Waals surface area contributed by atoms with Crippen LogP contribution in [0.1, 0.15) is 12.5 Å². The van der Waals surface area contributed by atoms with Gasteiger partial charge in [0.25, 0.3) is 11.8 Å². The Bertz CT molecular complexity index is 929. The van der Waals surface area contributed by atoms with Gasteiger partial charge in [-0.25, -0.2) is 5.01 Å². The molecule has 6 nitrogen and oxygen atoms in total. The van der Waals surface area contributed by atoms with E-state index in [0.29, 0.717) is 38.3 Å². The monoisotopic (exact) mass is 494 g/mol. The molecule has 2 amide bonds. The molecule has 2 aromatic rings. The molecular formula is C19H16Br2N2O4. The third-order valence-electron chi connectivity index (χ3n) is 3.87. The number of nitrogens with zero attached hydrogens (tertiary/aromatic N) is 1. The quantitative estimate of drug-likeness (QED) is 0.501. The topological polar surface area (TPSA) is 67.9 Å². The van der Waals surface area contributed by atoms with Gasteiger partial charge in [0.2, 0.25) is 0 Å². The summed E-state index contributed by atoms with van der Waals surface area (Å²) >= 11 is 6.96. The number of carbonyl (C=O) groups excluding carboxylic acids is 2. The normalized spacial score (nSPS) is 15.3. The number of amides is 2. The van der Waals surface area contributed by atoms with E-state index in [2.05, 4.69) is 37.3 Å². The molecule has 0 saturated carbocycles. The number of halogens is 2. The first kappa shape index (κ1) is 19.4. The third kappa shape index (κ3) is 3.72. The summed E-state index contributed by atoms with van der Waals surface area (Å²) in [5.74, 6) is 0.133. The predicted octanol–water partition coefficient (Wildman–Crippen LogP) is 4.08. The molecule has 1 heterocycles. The first-order chi connectivity index (χ1) is 13.0. The fraction of sp³-hybridized carbons (Fsp3) is 0.158. The smallest absolute Gasteiger partial charge is 0.282 e. The Morgan fingerprint density at radius 3 is 2.48 bits per heavy atom. The Balaban J connectivity index is 2.03. The van der Waals surface area contributed by atoms with Gasteiger partial charge >= 0.3 is 0 Å². The van der Waals surface area contributed by atoms with Gasteiger partial charge in [-0.3, -0.25) is 15.0 Å². The van der Waals surface area contributed by atoms with E-state index < -0.39 is 11.8 Å². The number of hydrogen-bond donors (Lipinski definition) is 1. The molecule has 27 heavy (non-hydrogen) atoms. The molecule has 0 bridgehead atoms. The summed E-state index contributed by atoms with van der Waals surface area (Å²) in [6.07, 6.45) is 1.52. The molecule has 0 spiro atoms. The Hall–Kier alpha value is -2.32. The van der Waals surface area contributed by atoms with Crippen LogP contribution in [0, 0.1) is 0 Å². The van der Waals surface area contributed by atoms with Gasteiger partial charge < -0.3 is 9.47 Å². The lowest BCUT2D eigenvalue weighted by atomic mass is 10.1. The van der Waals surface area contributed by atoms with Crippen LogP contribution in [0.15, 0.2) is 50.9 Å². The third-order valence-corrected chi connectivity index (χ3v) is 6.01. The van der Waals surface area contributed by atoms with Gasteiger partial charge in [-0.15, -0.1) is 0 Å². The summed E-state index contributed by atoms with van der Waals surface area (Å²) < 4.78 is 12.3. The van der Waals surface area contributed by atoms with Crippen molar-refractivity contribution in [2.45, 2.75) is 6.92 Å². The van der Waals surface area contributed by atoms with Crippen molar-refractivity contribution in [3.8, 4) is 11.5 Å². The second kappa shape index (κ2) is 8.14. The van der Waals surface area contributed by atoms with Crippen molar-refractivity contribution in [1.82, 2.24) is 5.43 Å². The van der Waals surface area contributed by atoms with Crippen LogP contribution in [0.3, 0.4) is 0 Å². The predicted molar refractivity (Wildman–Crippen MR) is 110 cm³/mol. The molecule has 1 fully saturated rings. The summed E-state index contributed by atoms with van der Waals surface area (Å²) in [6, 6.07) is 10.6. The summed E-state index contributed by atoms with van der Waals surface area (Å²) in [5, 5.41) is 1.23. The van der Waals surface area contributed by atoms with Gasteiger partial charge in [0, 0.05) is 4.47 Å². The molecule has 2 aromatic carbocycles. The number of anilines is 1. The minimum atomic E-state index is -0.472. The summed E-state index contributed by atoms with van der Waals surface area (Å²) in [6.45, 7) is 2.34. The molecule has 0 unspecified atom stereocenters. The van der Waals surface area contributed by atoms with Gasteiger partial charge in [-0.05, 0) is 68.6 Å². The molecule has 1 aliphatic heterocycles. The zero-order valence-corrected chi connectivity index (χ0v) is 17.8. The fourth-order valence-corrected chi connectivity index (χ4v) is 3.56. The van der Waals surface area contributed by atoms with E-state index in [-0.39, 0.29) is 5.57 Å². The zero-order valence-electron chi connectivity index (χ0n) is 14.6. The molecule has 8 heteroatoms. The highest BCUT2D eigenvalue weighted by atomic mass is 79.9. The maximum absolute atomic E-state index is 12.7. The average Bonchev–Trinajstić information content (AvgIpc) is 2.96. The lowest BCUT2D eigenvalue weighted by Crippen LogP contribution is -2.35. The number of hydrogen-bond acceptors (Lipinski definition) is 4. The van der Waals surface area contributed by atoms with E-state index in [1.54, 1.807) is 30.3 Å². The molecule has 3 rings (SSSR count). The van der Waals surface area contributed by atoms with Crippen molar-refractivity contribution in [2.75, 3.05) is 18.7 Å². The molecule has 1 N–H and O–H groups in total. The summed E-state index contributed by atoms with van der Waals surface area (Å²) in [7, 11) is 1.53. The maximum atomic E-state index is 12.7. The van der Waals surface area contributed by atoms with E-state index in [4.69, 9.17) is 9.47 Å². The van der Waals surface area contributed by atoms with Crippen molar-refractivity contribution < 1.29 is 19.1 Å². The number of carbonyl (C=O) groups is 2. The van der Waals surface area contributed by atoms with Crippen molar-refractivity contribution in [2.24, 2.45) is 0 Å². The van der Waals surface area contributed by atoms with E-state index in [0.717, 1.165) is 0 Å². The molecule has 1 aliphatic rings. The molecule has 0 aromatic heterocycles. The van der Waals surface area contributed by atoms with Crippen molar-refractivity contribution >= 4 is 55.4 Å². The van der Waals surface area contributed by atoms with Crippen LogP contribution >= 0.6 is 31.9 Å². The van der Waals surface area contributed by atoms with E-state index in [1.165, 1.54) is 18.2 Å². The van der Waals surface area contributed by atoms with Gasteiger partial charge in [0.15, 0.2) is 11.5 Å². The van der Waals surface area contributed by atoms with Crippen molar-refractivity contribution in [3.63, 3.8) is 0 Å². The number of benzene rings is 2. The first-order valence-corrected chi connectivity index (χ1v) is 9.67. The minimum Gasteiger partial charge on any atom is -0.493 e. The van der Waals surface area contributed by atoms with E-state index in [1.807, 2.05) is 13.0 Å². The standard InChI is InChI=1S/C19H16Br2N2O4/c1-3-27-17-14(26-2)10-11(15(20)16(17)21)9-13-18(24)22-23(19(13)25)12-7-5-4-6-8-12/h4-10H,3H2,1-2H3,(H,22,24)/b13-9-. The highest BCUT2D eigenvalue weighted by Crippen LogP contribution is 2.43. The Morgan fingerprint density at radius 1 is 1.15 bits per heavy atom. The number of para-hydroxylation sites is 1. The van der Waals surface area contributed by atoms with Crippen LogP contribution in [-0.4, -0.2) is 25.5 Å². The average molecular weight is 496 g/mol. The van der Waals surface area contributed by atoms with Gasteiger partial charge in [-0.2, -0.15) is 0 Å².